The molecule has 2 nitrogen and oxygen atoms in total. The van der Waals surface area contributed by atoms with E-state index in [0.29, 0.717) is 12.1 Å². The van der Waals surface area contributed by atoms with Crippen LogP contribution in [0.4, 0.5) is 0 Å². The average molecular weight is 281 g/mol. The van der Waals surface area contributed by atoms with Crippen LogP contribution in [-0.2, 0) is 6.42 Å². The lowest BCUT2D eigenvalue weighted by Gasteiger charge is -2.25. The quantitative estimate of drug-likeness (QED) is 0.860. The van der Waals surface area contributed by atoms with Crippen molar-refractivity contribution in [3.8, 4) is 0 Å². The van der Waals surface area contributed by atoms with Crippen molar-refractivity contribution < 1.29 is 0 Å². The number of nitrogens with zero attached hydrogens (tertiary/aromatic N) is 1. The van der Waals surface area contributed by atoms with Crippen LogP contribution >= 0.6 is 11.6 Å². The third-order valence-corrected chi connectivity index (χ3v) is 4.23. The molecule has 0 radical (unpaired) electrons. The number of likely N-dealkylation sites (tertiary alicyclic amines) is 1. The molecule has 0 spiro atoms. The van der Waals surface area contributed by atoms with Crippen LogP contribution < -0.4 is 5.32 Å². The second-order valence-electron chi connectivity index (χ2n) is 5.73. The third-order valence-electron chi connectivity index (χ3n) is 3.98. The highest BCUT2D eigenvalue weighted by Gasteiger charge is 2.18. The first-order valence-corrected chi connectivity index (χ1v) is 7.75. The van der Waals surface area contributed by atoms with E-state index in [1.807, 2.05) is 12.1 Å². The SMILES string of the molecule is CC(Cc1ccc(Cl)cc1)NCC(C)N1CCCC1. The monoisotopic (exact) mass is 280 g/mol. The van der Waals surface area contributed by atoms with Crippen molar-refractivity contribution in [1.29, 1.82) is 0 Å². The molecule has 19 heavy (non-hydrogen) atoms. The van der Waals surface area contributed by atoms with E-state index in [1.54, 1.807) is 0 Å². The Bertz CT molecular complexity index is 371. The fraction of sp³-hybridized carbons (Fsp3) is 0.625. The summed E-state index contributed by atoms with van der Waals surface area (Å²) in [6.45, 7) is 8.20. The minimum atomic E-state index is 0.506. The van der Waals surface area contributed by atoms with Gasteiger partial charge in [0.25, 0.3) is 0 Å². The third kappa shape index (κ3) is 4.79. The highest BCUT2D eigenvalue weighted by molar-refractivity contribution is 6.30. The van der Waals surface area contributed by atoms with Gasteiger partial charge in [0.15, 0.2) is 0 Å². The molecular weight excluding hydrogens is 256 g/mol. The van der Waals surface area contributed by atoms with E-state index in [4.69, 9.17) is 11.6 Å². The van der Waals surface area contributed by atoms with Gasteiger partial charge in [-0.15, -0.1) is 0 Å². The van der Waals surface area contributed by atoms with E-state index in [-0.39, 0.29) is 0 Å². The lowest BCUT2D eigenvalue weighted by Crippen LogP contribution is -2.42. The molecule has 1 aromatic rings. The number of nitrogens with one attached hydrogen (secondary N) is 1. The van der Waals surface area contributed by atoms with Crippen molar-refractivity contribution in [2.75, 3.05) is 19.6 Å². The number of halogens is 1. The van der Waals surface area contributed by atoms with Crippen LogP contribution in [0.15, 0.2) is 24.3 Å². The van der Waals surface area contributed by atoms with Gasteiger partial charge in [0.1, 0.15) is 0 Å². The fourth-order valence-corrected chi connectivity index (χ4v) is 2.86. The molecule has 1 heterocycles. The summed E-state index contributed by atoms with van der Waals surface area (Å²) in [5.74, 6) is 0. The minimum absolute atomic E-state index is 0.506. The summed E-state index contributed by atoms with van der Waals surface area (Å²) in [4.78, 5) is 2.59. The standard InChI is InChI=1S/C16H25ClN2/c1-13(11-15-5-7-16(17)8-6-15)18-12-14(2)19-9-3-4-10-19/h5-8,13-14,18H,3-4,9-12H2,1-2H3. The number of hydrogen-bond donors (Lipinski definition) is 1. The van der Waals surface area contributed by atoms with Gasteiger partial charge in [-0.1, -0.05) is 23.7 Å². The fourth-order valence-electron chi connectivity index (χ4n) is 2.73. The van der Waals surface area contributed by atoms with E-state index in [2.05, 4.69) is 36.2 Å². The molecule has 2 rings (SSSR count). The summed E-state index contributed by atoms with van der Waals surface area (Å²) in [5, 5.41) is 4.46. The molecule has 0 aliphatic carbocycles. The second-order valence-corrected chi connectivity index (χ2v) is 6.17. The van der Waals surface area contributed by atoms with Gasteiger partial charge in [-0.2, -0.15) is 0 Å². The van der Waals surface area contributed by atoms with Crippen molar-refractivity contribution in [3.63, 3.8) is 0 Å². The van der Waals surface area contributed by atoms with Gasteiger partial charge in [-0.3, -0.25) is 4.90 Å². The molecule has 1 saturated heterocycles. The largest absolute Gasteiger partial charge is 0.312 e. The summed E-state index contributed by atoms with van der Waals surface area (Å²) in [6, 6.07) is 9.32. The topological polar surface area (TPSA) is 15.3 Å². The van der Waals surface area contributed by atoms with Crippen molar-refractivity contribution in [2.45, 2.75) is 45.2 Å². The maximum atomic E-state index is 5.90. The zero-order valence-corrected chi connectivity index (χ0v) is 12.8. The molecular formula is C16H25ClN2. The van der Waals surface area contributed by atoms with Gasteiger partial charge in [0, 0.05) is 23.7 Å². The van der Waals surface area contributed by atoms with Crippen LogP contribution in [0.2, 0.25) is 5.02 Å². The predicted molar refractivity (Wildman–Crippen MR) is 82.9 cm³/mol. The lowest BCUT2D eigenvalue weighted by molar-refractivity contribution is 0.247. The van der Waals surface area contributed by atoms with Gasteiger partial charge >= 0.3 is 0 Å². The Morgan fingerprint density at radius 3 is 2.42 bits per heavy atom. The molecule has 1 fully saturated rings. The molecule has 106 valence electrons. The summed E-state index contributed by atoms with van der Waals surface area (Å²) < 4.78 is 0. The zero-order valence-electron chi connectivity index (χ0n) is 12.0. The number of benzene rings is 1. The van der Waals surface area contributed by atoms with Gasteiger partial charge in [-0.05, 0) is 63.9 Å². The molecule has 1 N–H and O–H groups in total. The molecule has 0 amide bonds. The molecule has 3 heteroatoms. The minimum Gasteiger partial charge on any atom is -0.312 e. The first kappa shape index (κ1) is 14.8. The van der Waals surface area contributed by atoms with Crippen LogP contribution in [0.1, 0.15) is 32.3 Å². The molecule has 1 aromatic carbocycles. The van der Waals surface area contributed by atoms with Gasteiger partial charge < -0.3 is 5.32 Å². The molecule has 0 saturated carbocycles. The summed E-state index contributed by atoms with van der Waals surface area (Å²) >= 11 is 5.90. The van der Waals surface area contributed by atoms with E-state index >= 15 is 0 Å². The van der Waals surface area contributed by atoms with Crippen molar-refractivity contribution in [1.82, 2.24) is 10.2 Å². The van der Waals surface area contributed by atoms with Crippen LogP contribution in [0.3, 0.4) is 0 Å². The Labute approximate surface area is 122 Å². The zero-order chi connectivity index (χ0) is 13.7. The summed E-state index contributed by atoms with van der Waals surface area (Å²) in [5.41, 5.74) is 1.35. The Morgan fingerprint density at radius 2 is 1.79 bits per heavy atom. The molecule has 1 aliphatic rings. The van der Waals surface area contributed by atoms with Gasteiger partial charge in [0.2, 0.25) is 0 Å². The van der Waals surface area contributed by atoms with E-state index in [9.17, 15) is 0 Å². The first-order chi connectivity index (χ1) is 9.15. The van der Waals surface area contributed by atoms with E-state index < -0.39 is 0 Å². The average Bonchev–Trinajstić information content (AvgIpc) is 2.93. The molecule has 0 aromatic heterocycles. The lowest BCUT2D eigenvalue weighted by atomic mass is 10.1. The van der Waals surface area contributed by atoms with E-state index in [1.165, 1.54) is 31.5 Å². The highest BCUT2D eigenvalue weighted by Crippen LogP contribution is 2.12. The predicted octanol–water partition coefficient (Wildman–Crippen LogP) is 3.34. The van der Waals surface area contributed by atoms with Crippen LogP contribution in [-0.4, -0.2) is 36.6 Å². The van der Waals surface area contributed by atoms with Crippen LogP contribution in [0, 0.1) is 0 Å². The molecule has 1 aliphatic heterocycles. The maximum Gasteiger partial charge on any atom is 0.0406 e. The molecule has 0 bridgehead atoms. The highest BCUT2D eigenvalue weighted by atomic mass is 35.5. The number of rotatable bonds is 6. The van der Waals surface area contributed by atoms with Crippen LogP contribution in [0.25, 0.3) is 0 Å². The Hall–Kier alpha value is -0.570. The van der Waals surface area contributed by atoms with E-state index in [0.717, 1.165) is 18.0 Å². The first-order valence-electron chi connectivity index (χ1n) is 7.37. The normalized spacial score (nSPS) is 19.5. The van der Waals surface area contributed by atoms with Crippen LogP contribution in [0.5, 0.6) is 0 Å². The molecule has 2 unspecified atom stereocenters. The summed E-state index contributed by atoms with van der Waals surface area (Å²) in [6.07, 6.45) is 3.79. The Balaban J connectivity index is 1.71. The number of hydrogen-bond acceptors (Lipinski definition) is 2. The Morgan fingerprint density at radius 1 is 1.16 bits per heavy atom. The van der Waals surface area contributed by atoms with Gasteiger partial charge in [0.05, 0.1) is 0 Å². The van der Waals surface area contributed by atoms with Crippen molar-refractivity contribution in [3.05, 3.63) is 34.9 Å². The Kier molecular flexibility index (Phi) is 5.68. The smallest absolute Gasteiger partial charge is 0.0406 e. The van der Waals surface area contributed by atoms with Crippen molar-refractivity contribution >= 4 is 11.6 Å². The maximum absolute atomic E-state index is 5.90. The summed E-state index contributed by atoms with van der Waals surface area (Å²) in [7, 11) is 0. The van der Waals surface area contributed by atoms with Crippen molar-refractivity contribution in [2.24, 2.45) is 0 Å². The second kappa shape index (κ2) is 7.28. The van der Waals surface area contributed by atoms with Gasteiger partial charge in [-0.25, -0.2) is 0 Å². The molecule has 2 atom stereocenters.